The molecule has 2 aliphatic rings. The molecule has 0 aliphatic carbocycles. The molecule has 0 radical (unpaired) electrons. The number of methoxy groups -OCH3 is 1. The van der Waals surface area contributed by atoms with E-state index in [4.69, 9.17) is 9.47 Å². The van der Waals surface area contributed by atoms with Crippen LogP contribution in [-0.4, -0.2) is 48.1 Å². The van der Waals surface area contributed by atoms with Crippen molar-refractivity contribution in [2.24, 2.45) is 5.92 Å². The summed E-state index contributed by atoms with van der Waals surface area (Å²) in [7, 11) is 1.59. The van der Waals surface area contributed by atoms with E-state index >= 15 is 0 Å². The number of hydrogen-bond acceptors (Lipinski definition) is 5. The number of pyridine rings is 1. The zero-order chi connectivity index (χ0) is 28.1. The van der Waals surface area contributed by atoms with Crippen LogP contribution in [0.15, 0.2) is 77.2 Å². The number of aromatic nitrogens is 1. The van der Waals surface area contributed by atoms with Crippen LogP contribution in [0.4, 0.5) is 0 Å². The summed E-state index contributed by atoms with van der Waals surface area (Å²) in [5.74, 6) is 0.963. The van der Waals surface area contributed by atoms with Crippen molar-refractivity contribution in [3.63, 3.8) is 0 Å². The molecule has 8 nitrogen and oxygen atoms in total. The van der Waals surface area contributed by atoms with Gasteiger partial charge in [-0.05, 0) is 72.9 Å². The van der Waals surface area contributed by atoms with Crippen molar-refractivity contribution in [3.05, 3.63) is 99.6 Å². The highest BCUT2D eigenvalue weighted by Crippen LogP contribution is 2.35. The summed E-state index contributed by atoms with van der Waals surface area (Å²) in [5, 5.41) is 2.88. The van der Waals surface area contributed by atoms with Gasteiger partial charge < -0.3 is 24.3 Å². The zero-order valence-electron chi connectivity index (χ0n) is 23.0. The van der Waals surface area contributed by atoms with Crippen LogP contribution in [-0.2, 0) is 11.3 Å². The van der Waals surface area contributed by atoms with Gasteiger partial charge in [0.25, 0.3) is 17.4 Å². The molecule has 1 aromatic heterocycles. The van der Waals surface area contributed by atoms with Crippen LogP contribution in [0.1, 0.15) is 53.7 Å². The number of nitrogens with one attached hydrogen (secondary N) is 1. The summed E-state index contributed by atoms with van der Waals surface area (Å²) >= 11 is 0. The second kappa shape index (κ2) is 12.2. The van der Waals surface area contributed by atoms with Gasteiger partial charge in [-0.25, -0.2) is 0 Å². The number of carbonyl (C=O) groups excluding carboxylic acids is 2. The smallest absolute Gasteiger partial charge is 0.270 e. The van der Waals surface area contributed by atoms with E-state index in [-0.39, 0.29) is 34.9 Å². The van der Waals surface area contributed by atoms with Crippen molar-refractivity contribution >= 4 is 17.9 Å². The first-order valence-corrected chi connectivity index (χ1v) is 13.8. The van der Waals surface area contributed by atoms with E-state index in [9.17, 15) is 14.4 Å². The third-order valence-corrected chi connectivity index (χ3v) is 7.53. The number of likely N-dealkylation sites (tertiary alicyclic amines) is 1. The number of hydrogen-bond donors (Lipinski definition) is 1. The van der Waals surface area contributed by atoms with E-state index in [1.807, 2.05) is 34.9 Å². The molecule has 2 amide bonds. The molecule has 40 heavy (non-hydrogen) atoms. The third-order valence-electron chi connectivity index (χ3n) is 7.53. The number of carbonyl (C=O) groups is 2. The zero-order valence-corrected chi connectivity index (χ0v) is 23.0. The Labute approximate surface area is 234 Å². The quantitative estimate of drug-likeness (QED) is 0.319. The fourth-order valence-electron chi connectivity index (χ4n) is 5.51. The van der Waals surface area contributed by atoms with Crippen molar-refractivity contribution in [2.75, 3.05) is 26.8 Å². The van der Waals surface area contributed by atoms with Crippen LogP contribution >= 0.6 is 0 Å². The molecule has 5 rings (SSSR count). The second-order valence-electron chi connectivity index (χ2n) is 10.4. The van der Waals surface area contributed by atoms with Crippen molar-refractivity contribution in [1.82, 2.24) is 14.8 Å². The minimum absolute atomic E-state index is 0.000341. The van der Waals surface area contributed by atoms with E-state index in [1.54, 1.807) is 54.5 Å². The highest BCUT2D eigenvalue weighted by atomic mass is 16.5. The Morgan fingerprint density at radius 2 is 1.80 bits per heavy atom. The Hall–Kier alpha value is -4.33. The molecule has 2 aromatic carbocycles. The summed E-state index contributed by atoms with van der Waals surface area (Å²) in [6.07, 6.45) is 4.62. The maximum atomic E-state index is 14.0. The number of piperidine rings is 1. The lowest BCUT2D eigenvalue weighted by Gasteiger charge is -2.43. The molecule has 0 saturated carbocycles. The molecule has 2 atom stereocenters. The Balaban J connectivity index is 1.39. The second-order valence-corrected chi connectivity index (χ2v) is 10.4. The molecule has 2 aliphatic heterocycles. The lowest BCUT2D eigenvalue weighted by molar-refractivity contribution is -0.130. The SMILES string of the molecule is CCCCOc1ccc(C(=O)N/C(=C\c2cccc(OC)c2)C(=O)N2C[C@H]3C[C@@H](C2)c2cccc(=O)n2C3)cc1. The number of fused-ring (bicyclic) bond motifs is 4. The lowest BCUT2D eigenvalue weighted by Crippen LogP contribution is -2.50. The number of nitrogens with zero attached hydrogens (tertiary/aromatic N) is 2. The molecule has 0 unspecified atom stereocenters. The van der Waals surface area contributed by atoms with Gasteiger partial charge in [0.05, 0.1) is 13.7 Å². The molecular formula is C32H35N3O5. The van der Waals surface area contributed by atoms with Gasteiger partial charge in [0.1, 0.15) is 17.2 Å². The van der Waals surface area contributed by atoms with Gasteiger partial charge in [-0.1, -0.05) is 31.5 Å². The van der Waals surface area contributed by atoms with Crippen molar-refractivity contribution in [1.29, 1.82) is 0 Å². The normalized spacial score (nSPS) is 18.1. The summed E-state index contributed by atoms with van der Waals surface area (Å²) in [4.78, 5) is 41.5. The predicted octanol–water partition coefficient (Wildman–Crippen LogP) is 4.45. The molecule has 1 N–H and O–H groups in total. The van der Waals surface area contributed by atoms with Crippen molar-refractivity contribution in [3.8, 4) is 11.5 Å². The molecule has 3 heterocycles. The van der Waals surface area contributed by atoms with Crippen LogP contribution in [0.25, 0.3) is 6.08 Å². The fourth-order valence-corrected chi connectivity index (χ4v) is 5.51. The summed E-state index contributed by atoms with van der Waals surface area (Å²) in [5.41, 5.74) is 2.31. The van der Waals surface area contributed by atoms with Crippen LogP contribution in [0.2, 0.25) is 0 Å². The molecular weight excluding hydrogens is 506 g/mol. The number of ether oxygens (including phenoxy) is 2. The van der Waals surface area contributed by atoms with Gasteiger partial charge in [-0.15, -0.1) is 0 Å². The van der Waals surface area contributed by atoms with Gasteiger partial charge >= 0.3 is 0 Å². The van der Waals surface area contributed by atoms with Crippen LogP contribution in [0, 0.1) is 5.92 Å². The Bertz CT molecular complexity index is 1460. The van der Waals surface area contributed by atoms with Gasteiger partial charge in [-0.2, -0.15) is 0 Å². The fraction of sp³-hybridized carbons (Fsp3) is 0.344. The molecule has 1 saturated heterocycles. The maximum absolute atomic E-state index is 14.0. The molecule has 3 aromatic rings. The molecule has 1 fully saturated rings. The number of amides is 2. The Morgan fingerprint density at radius 1 is 1.00 bits per heavy atom. The number of rotatable bonds is 9. The average molecular weight is 542 g/mol. The standard InChI is InChI=1S/C32H35N3O5/c1-3-4-15-40-26-13-11-24(12-14-26)31(37)33-28(18-22-7-5-8-27(17-22)39-2)32(38)34-19-23-16-25(21-34)29-9-6-10-30(36)35(29)20-23/h5-14,17-18,23,25H,3-4,15-16,19-21H2,1-2H3,(H,33,37)/b28-18-/t23-,25+/m1/s1. The van der Waals surface area contributed by atoms with Gasteiger partial charge in [0, 0.05) is 42.9 Å². The lowest BCUT2D eigenvalue weighted by atomic mass is 9.83. The summed E-state index contributed by atoms with van der Waals surface area (Å²) in [6, 6.07) is 19.6. The highest BCUT2D eigenvalue weighted by molar-refractivity contribution is 6.05. The first-order chi connectivity index (χ1) is 19.4. The van der Waals surface area contributed by atoms with Crippen LogP contribution < -0.4 is 20.3 Å². The van der Waals surface area contributed by atoms with Gasteiger partial charge in [0.2, 0.25) is 0 Å². The molecule has 2 bridgehead atoms. The molecule has 208 valence electrons. The van der Waals surface area contributed by atoms with E-state index in [0.29, 0.717) is 43.3 Å². The summed E-state index contributed by atoms with van der Waals surface area (Å²) in [6.45, 7) is 4.31. The van der Waals surface area contributed by atoms with E-state index in [1.165, 1.54) is 0 Å². The van der Waals surface area contributed by atoms with Gasteiger partial charge in [-0.3, -0.25) is 14.4 Å². The minimum atomic E-state index is -0.378. The van der Waals surface area contributed by atoms with Gasteiger partial charge in [0.15, 0.2) is 0 Å². The maximum Gasteiger partial charge on any atom is 0.270 e. The Morgan fingerprint density at radius 3 is 2.58 bits per heavy atom. The predicted molar refractivity (Wildman–Crippen MR) is 153 cm³/mol. The van der Waals surface area contributed by atoms with Crippen LogP contribution in [0.5, 0.6) is 11.5 Å². The van der Waals surface area contributed by atoms with Crippen LogP contribution in [0.3, 0.4) is 0 Å². The van der Waals surface area contributed by atoms with Crippen molar-refractivity contribution in [2.45, 2.75) is 38.6 Å². The largest absolute Gasteiger partial charge is 0.497 e. The van der Waals surface area contributed by atoms with E-state index in [0.717, 1.165) is 30.5 Å². The third kappa shape index (κ3) is 6.11. The number of benzene rings is 2. The first-order valence-electron chi connectivity index (χ1n) is 13.8. The number of unbranched alkanes of at least 4 members (excludes halogenated alkanes) is 1. The monoisotopic (exact) mass is 541 g/mol. The summed E-state index contributed by atoms with van der Waals surface area (Å²) < 4.78 is 12.9. The average Bonchev–Trinajstić information content (AvgIpc) is 2.97. The van der Waals surface area contributed by atoms with E-state index < -0.39 is 0 Å². The van der Waals surface area contributed by atoms with E-state index in [2.05, 4.69) is 12.2 Å². The van der Waals surface area contributed by atoms with Crippen molar-refractivity contribution < 1.29 is 19.1 Å². The molecule has 0 spiro atoms. The highest BCUT2D eigenvalue weighted by Gasteiger charge is 2.37. The minimum Gasteiger partial charge on any atom is -0.497 e. The topological polar surface area (TPSA) is 89.9 Å². The first kappa shape index (κ1) is 27.2. The molecule has 8 heteroatoms. The Kier molecular flexibility index (Phi) is 8.34.